The van der Waals surface area contributed by atoms with Crippen molar-refractivity contribution in [3.05, 3.63) is 29.8 Å². The Hall–Kier alpha value is -0.803. The van der Waals surface area contributed by atoms with E-state index in [1.807, 2.05) is 13.2 Å². The smallest absolute Gasteiger partial charge is 0.186 e. The lowest BCUT2D eigenvalue weighted by atomic mass is 10.1. The zero-order valence-electron chi connectivity index (χ0n) is 12.3. The number of hydrogen-bond donors (Lipinski definition) is 0. The van der Waals surface area contributed by atoms with Crippen LogP contribution in [0.25, 0.3) is 0 Å². The normalized spacial score (nSPS) is 11.9. The molecule has 1 aromatic rings. The van der Waals surface area contributed by atoms with Crippen LogP contribution in [0.5, 0.6) is 5.75 Å². The molecule has 3 heteroatoms. The van der Waals surface area contributed by atoms with Crippen LogP contribution in [0.2, 0.25) is 19.1 Å². The SMILES string of the molecule is CO[Si](C)(C)CCCc1ccccc1OC(C)C. The average molecular weight is 266 g/mol. The van der Waals surface area contributed by atoms with Gasteiger partial charge in [0.05, 0.1) is 6.10 Å². The fourth-order valence-electron chi connectivity index (χ4n) is 1.89. The van der Waals surface area contributed by atoms with Gasteiger partial charge < -0.3 is 9.16 Å². The highest BCUT2D eigenvalue weighted by Crippen LogP contribution is 2.23. The first kappa shape index (κ1) is 15.3. The molecular weight excluding hydrogens is 240 g/mol. The fraction of sp³-hybridized carbons (Fsp3) is 0.600. The Labute approximate surface area is 112 Å². The second-order valence-corrected chi connectivity index (χ2v) is 10.0. The molecule has 0 atom stereocenters. The number of ether oxygens (including phenoxy) is 1. The van der Waals surface area contributed by atoms with E-state index in [-0.39, 0.29) is 6.10 Å². The Bertz CT molecular complexity index is 361. The lowest BCUT2D eigenvalue weighted by molar-refractivity contribution is 0.240. The van der Waals surface area contributed by atoms with Crippen LogP contribution in [0.1, 0.15) is 25.8 Å². The van der Waals surface area contributed by atoms with Crippen molar-refractivity contribution >= 4 is 8.32 Å². The van der Waals surface area contributed by atoms with E-state index in [4.69, 9.17) is 9.16 Å². The summed E-state index contributed by atoms with van der Waals surface area (Å²) in [7, 11) is 0.414. The van der Waals surface area contributed by atoms with Gasteiger partial charge in [0.1, 0.15) is 5.75 Å². The number of para-hydroxylation sites is 1. The third-order valence-corrected chi connectivity index (χ3v) is 5.78. The maximum atomic E-state index is 5.83. The number of benzene rings is 1. The largest absolute Gasteiger partial charge is 0.491 e. The van der Waals surface area contributed by atoms with Gasteiger partial charge in [-0.2, -0.15) is 0 Å². The first-order valence-electron chi connectivity index (χ1n) is 6.74. The van der Waals surface area contributed by atoms with Crippen LogP contribution in [0.3, 0.4) is 0 Å². The monoisotopic (exact) mass is 266 g/mol. The molecule has 0 amide bonds. The van der Waals surface area contributed by atoms with Crippen molar-refractivity contribution in [2.45, 2.75) is 51.9 Å². The molecule has 2 nitrogen and oxygen atoms in total. The van der Waals surface area contributed by atoms with Crippen LogP contribution in [0, 0.1) is 0 Å². The average Bonchev–Trinajstić information content (AvgIpc) is 2.30. The van der Waals surface area contributed by atoms with Crippen molar-refractivity contribution in [3.8, 4) is 5.75 Å². The van der Waals surface area contributed by atoms with Gasteiger partial charge in [0.2, 0.25) is 0 Å². The minimum absolute atomic E-state index is 0.232. The summed E-state index contributed by atoms with van der Waals surface area (Å²) in [6, 6.07) is 9.54. The van der Waals surface area contributed by atoms with E-state index in [1.54, 1.807) is 0 Å². The summed E-state index contributed by atoms with van der Waals surface area (Å²) in [6.45, 7) is 8.67. The summed E-state index contributed by atoms with van der Waals surface area (Å²) in [5.74, 6) is 1.03. The summed E-state index contributed by atoms with van der Waals surface area (Å²) in [5, 5.41) is 0. The Morgan fingerprint density at radius 2 is 1.83 bits per heavy atom. The van der Waals surface area contributed by atoms with Crippen LogP contribution in [-0.2, 0) is 10.8 Å². The van der Waals surface area contributed by atoms with Crippen molar-refractivity contribution in [3.63, 3.8) is 0 Å². The minimum Gasteiger partial charge on any atom is -0.491 e. The van der Waals surface area contributed by atoms with Crippen molar-refractivity contribution in [2.75, 3.05) is 7.11 Å². The lowest BCUT2D eigenvalue weighted by Crippen LogP contribution is -2.28. The molecule has 0 radical (unpaired) electrons. The van der Waals surface area contributed by atoms with E-state index in [9.17, 15) is 0 Å². The van der Waals surface area contributed by atoms with Gasteiger partial charge in [-0.25, -0.2) is 0 Å². The van der Waals surface area contributed by atoms with Crippen LogP contribution < -0.4 is 4.74 Å². The van der Waals surface area contributed by atoms with E-state index in [0.29, 0.717) is 0 Å². The van der Waals surface area contributed by atoms with E-state index in [0.717, 1.165) is 12.2 Å². The summed E-state index contributed by atoms with van der Waals surface area (Å²) < 4.78 is 11.4. The Morgan fingerprint density at radius 3 is 2.44 bits per heavy atom. The van der Waals surface area contributed by atoms with E-state index < -0.39 is 8.32 Å². The van der Waals surface area contributed by atoms with E-state index in [1.165, 1.54) is 18.0 Å². The maximum Gasteiger partial charge on any atom is 0.186 e. The molecule has 102 valence electrons. The van der Waals surface area contributed by atoms with E-state index >= 15 is 0 Å². The summed E-state index contributed by atoms with van der Waals surface area (Å²) in [6.07, 6.45) is 2.48. The number of rotatable bonds is 7. The molecule has 0 unspecified atom stereocenters. The number of aryl methyl sites for hydroxylation is 1. The van der Waals surface area contributed by atoms with Gasteiger partial charge in [-0.1, -0.05) is 18.2 Å². The van der Waals surface area contributed by atoms with Gasteiger partial charge in [0.25, 0.3) is 0 Å². The Balaban J connectivity index is 2.56. The summed E-state index contributed by atoms with van der Waals surface area (Å²) >= 11 is 0. The molecule has 0 aromatic heterocycles. The van der Waals surface area contributed by atoms with Crippen molar-refractivity contribution in [1.29, 1.82) is 0 Å². The molecule has 0 fully saturated rings. The quantitative estimate of drug-likeness (QED) is 0.687. The zero-order valence-corrected chi connectivity index (χ0v) is 13.3. The van der Waals surface area contributed by atoms with Crippen LogP contribution in [0.15, 0.2) is 24.3 Å². The molecule has 0 saturated heterocycles. The topological polar surface area (TPSA) is 18.5 Å². The predicted molar refractivity (Wildman–Crippen MR) is 79.8 cm³/mol. The fourth-order valence-corrected chi connectivity index (χ4v) is 3.12. The standard InChI is InChI=1S/C15H26O2Si/c1-13(2)17-15-11-7-6-9-14(15)10-8-12-18(4,5)16-3/h6-7,9,11,13H,8,10,12H2,1-5H3. The second-order valence-electron chi connectivity index (χ2n) is 5.59. The van der Waals surface area contributed by atoms with Crippen molar-refractivity contribution in [1.82, 2.24) is 0 Å². The predicted octanol–water partition coefficient (Wildman–Crippen LogP) is 4.26. The maximum absolute atomic E-state index is 5.83. The molecular formula is C15H26O2Si. The van der Waals surface area contributed by atoms with Gasteiger partial charge in [-0.05, 0) is 57.5 Å². The molecule has 1 rings (SSSR count). The molecule has 0 aliphatic rings. The van der Waals surface area contributed by atoms with Gasteiger partial charge in [-0.3, -0.25) is 0 Å². The molecule has 0 bridgehead atoms. The molecule has 0 saturated carbocycles. The number of hydrogen-bond acceptors (Lipinski definition) is 2. The molecule has 1 aromatic carbocycles. The minimum atomic E-state index is -1.42. The van der Waals surface area contributed by atoms with Gasteiger partial charge in [-0.15, -0.1) is 0 Å². The second kappa shape index (κ2) is 6.95. The Morgan fingerprint density at radius 1 is 1.17 bits per heavy atom. The molecule has 0 spiro atoms. The van der Waals surface area contributed by atoms with E-state index in [2.05, 4.69) is 45.1 Å². The molecule has 0 heterocycles. The lowest BCUT2D eigenvalue weighted by Gasteiger charge is -2.20. The van der Waals surface area contributed by atoms with Crippen molar-refractivity contribution in [2.24, 2.45) is 0 Å². The summed E-state index contributed by atoms with van der Waals surface area (Å²) in [5.41, 5.74) is 1.31. The molecule has 0 aliphatic carbocycles. The molecule has 18 heavy (non-hydrogen) atoms. The molecule has 0 aliphatic heterocycles. The first-order valence-corrected chi connectivity index (χ1v) is 9.86. The van der Waals surface area contributed by atoms with Gasteiger partial charge >= 0.3 is 0 Å². The highest BCUT2D eigenvalue weighted by molar-refractivity contribution is 6.71. The Kier molecular flexibility index (Phi) is 5.89. The van der Waals surface area contributed by atoms with Crippen LogP contribution >= 0.6 is 0 Å². The molecule has 0 N–H and O–H groups in total. The zero-order chi connectivity index (χ0) is 13.6. The highest BCUT2D eigenvalue weighted by atomic mass is 28.4. The van der Waals surface area contributed by atoms with Crippen LogP contribution in [-0.4, -0.2) is 21.5 Å². The highest BCUT2D eigenvalue weighted by Gasteiger charge is 2.19. The van der Waals surface area contributed by atoms with Gasteiger partial charge in [0.15, 0.2) is 8.32 Å². The third kappa shape index (κ3) is 5.23. The van der Waals surface area contributed by atoms with Gasteiger partial charge in [0, 0.05) is 7.11 Å². The van der Waals surface area contributed by atoms with Crippen molar-refractivity contribution < 1.29 is 9.16 Å². The van der Waals surface area contributed by atoms with Crippen LogP contribution in [0.4, 0.5) is 0 Å². The first-order chi connectivity index (χ1) is 8.44. The summed E-state index contributed by atoms with van der Waals surface area (Å²) in [4.78, 5) is 0. The third-order valence-electron chi connectivity index (χ3n) is 3.11.